The third kappa shape index (κ3) is 7.81. The molecule has 3 aromatic rings. The Balaban J connectivity index is 1.79. The number of nitro groups is 1. The zero-order chi connectivity index (χ0) is 30.4. The molecule has 0 bridgehead atoms. The van der Waals surface area contributed by atoms with Crippen molar-refractivity contribution in [2.75, 3.05) is 17.3 Å². The first kappa shape index (κ1) is 31.1. The number of carbonyl (C=O) groups excluding carboxylic acids is 2. The van der Waals surface area contributed by atoms with Gasteiger partial charge >= 0.3 is 6.18 Å². The van der Waals surface area contributed by atoms with Crippen LogP contribution in [0.5, 0.6) is 0 Å². The Kier molecular flexibility index (Phi) is 9.71. The monoisotopic (exact) mass is 592 g/mol. The molecule has 0 aliphatic heterocycles. The minimum atomic E-state index is -4.75. The van der Waals surface area contributed by atoms with Gasteiger partial charge in [0.15, 0.2) is 0 Å². The van der Waals surface area contributed by atoms with Gasteiger partial charge in [0, 0.05) is 30.8 Å². The molecule has 218 valence electrons. The molecule has 41 heavy (non-hydrogen) atoms. The molecule has 2 amide bonds. The van der Waals surface area contributed by atoms with E-state index < -0.39 is 44.2 Å². The molecule has 0 radical (unpaired) electrons. The number of rotatable bonds is 11. The molecule has 0 atom stereocenters. The fraction of sp³-hybridized carbons (Fsp3) is 0.259. The van der Waals surface area contributed by atoms with E-state index >= 15 is 0 Å². The van der Waals surface area contributed by atoms with E-state index in [0.29, 0.717) is 18.2 Å². The van der Waals surface area contributed by atoms with Crippen LogP contribution in [0.4, 0.5) is 35.9 Å². The Morgan fingerprint density at radius 1 is 1.00 bits per heavy atom. The van der Waals surface area contributed by atoms with Crippen molar-refractivity contribution in [1.29, 1.82) is 0 Å². The summed E-state index contributed by atoms with van der Waals surface area (Å²) in [6.07, 6.45) is -2.54. The Labute approximate surface area is 234 Å². The largest absolute Gasteiger partial charge is 0.416 e. The number of alkyl halides is 3. The lowest BCUT2D eigenvalue weighted by atomic mass is 10.1. The molecular formula is C27H27F3N4O6S. The first-order valence-corrected chi connectivity index (χ1v) is 13.9. The molecule has 0 spiro atoms. The summed E-state index contributed by atoms with van der Waals surface area (Å²) in [6.45, 7) is 1.95. The quantitative estimate of drug-likeness (QED) is 0.158. The summed E-state index contributed by atoms with van der Waals surface area (Å²) >= 11 is 0. The zero-order valence-electron chi connectivity index (χ0n) is 22.1. The molecule has 0 heterocycles. The van der Waals surface area contributed by atoms with Crippen molar-refractivity contribution < 1.29 is 36.1 Å². The Bertz CT molecular complexity index is 1540. The number of halogens is 3. The minimum Gasteiger partial charge on any atom is -0.339 e. The van der Waals surface area contributed by atoms with Crippen molar-refractivity contribution in [1.82, 2.24) is 4.72 Å². The van der Waals surface area contributed by atoms with Crippen LogP contribution in [-0.2, 0) is 21.0 Å². The number of nitrogens with one attached hydrogen (secondary N) is 2. The molecule has 10 nitrogen and oxygen atoms in total. The maximum Gasteiger partial charge on any atom is 0.416 e. The number of unbranched alkanes of at least 4 members (excludes halogenated alkanes) is 2. The topological polar surface area (TPSA) is 139 Å². The smallest absolute Gasteiger partial charge is 0.339 e. The third-order valence-corrected chi connectivity index (χ3v) is 7.49. The summed E-state index contributed by atoms with van der Waals surface area (Å²) in [4.78, 5) is 36.6. The lowest BCUT2D eigenvalue weighted by Gasteiger charge is -2.20. The van der Waals surface area contributed by atoms with Crippen LogP contribution in [0.3, 0.4) is 0 Å². The Morgan fingerprint density at radius 3 is 2.27 bits per heavy atom. The molecule has 0 unspecified atom stereocenters. The first-order valence-electron chi connectivity index (χ1n) is 12.4. The predicted molar refractivity (Wildman–Crippen MR) is 146 cm³/mol. The summed E-state index contributed by atoms with van der Waals surface area (Å²) in [5.41, 5.74) is -1.65. The number of para-hydroxylation sites is 1. The van der Waals surface area contributed by atoms with Crippen molar-refractivity contribution in [2.24, 2.45) is 0 Å². The lowest BCUT2D eigenvalue weighted by Crippen LogP contribution is -2.31. The molecule has 0 fully saturated rings. The second-order valence-corrected chi connectivity index (χ2v) is 10.7. The van der Waals surface area contributed by atoms with Crippen LogP contribution < -0.4 is 14.9 Å². The van der Waals surface area contributed by atoms with Crippen LogP contribution >= 0.6 is 0 Å². The summed E-state index contributed by atoms with van der Waals surface area (Å²) in [5, 5.41) is 14.0. The molecule has 0 saturated heterocycles. The number of amides is 2. The number of nitro benzene ring substituents is 1. The fourth-order valence-corrected chi connectivity index (χ4v) is 5.07. The summed E-state index contributed by atoms with van der Waals surface area (Å²) in [7, 11) is -2.85. The SMILES string of the molecule is CCCCCC(=O)NS(=O)(=O)c1ccccc1NC(=O)c1ccc(N(C)c2ccc(C(F)(F)F)cc2[N+](=O)[O-])cc1. The van der Waals surface area contributed by atoms with E-state index in [1.54, 1.807) is 0 Å². The number of anilines is 3. The van der Waals surface area contributed by atoms with E-state index in [2.05, 4.69) is 5.32 Å². The average molecular weight is 593 g/mol. The second-order valence-electron chi connectivity index (χ2n) is 9.00. The van der Waals surface area contributed by atoms with Crippen LogP contribution in [0.15, 0.2) is 71.6 Å². The van der Waals surface area contributed by atoms with Gasteiger partial charge in [-0.3, -0.25) is 19.7 Å². The number of benzene rings is 3. The molecule has 2 N–H and O–H groups in total. The zero-order valence-corrected chi connectivity index (χ0v) is 22.9. The summed E-state index contributed by atoms with van der Waals surface area (Å²) < 4.78 is 66.8. The standard InChI is InChI=1S/C27H27F3N4O6S/c1-3-4-5-10-25(35)32-41(39,40)24-9-7-6-8-21(24)31-26(36)18-11-14-20(15-12-18)33(2)22-16-13-19(27(28,29)30)17-23(22)34(37)38/h6-9,11-17H,3-5,10H2,1-2H3,(H,31,36)(H,32,35). The number of nitrogens with zero attached hydrogens (tertiary/aromatic N) is 2. The first-order chi connectivity index (χ1) is 19.2. The molecule has 0 saturated carbocycles. The maximum absolute atomic E-state index is 13.0. The van der Waals surface area contributed by atoms with Gasteiger partial charge in [0.1, 0.15) is 10.6 Å². The average Bonchev–Trinajstić information content (AvgIpc) is 2.92. The van der Waals surface area contributed by atoms with Gasteiger partial charge < -0.3 is 10.2 Å². The van der Waals surface area contributed by atoms with Crippen molar-refractivity contribution in [3.63, 3.8) is 0 Å². The van der Waals surface area contributed by atoms with E-state index in [0.717, 1.165) is 25.0 Å². The number of carbonyl (C=O) groups is 2. The highest BCUT2D eigenvalue weighted by Crippen LogP contribution is 2.38. The number of hydrogen-bond acceptors (Lipinski definition) is 7. The molecule has 3 aromatic carbocycles. The molecule has 14 heteroatoms. The molecular weight excluding hydrogens is 565 g/mol. The van der Waals surface area contributed by atoms with E-state index in [1.165, 1.54) is 60.5 Å². The van der Waals surface area contributed by atoms with Gasteiger partial charge in [-0.1, -0.05) is 31.9 Å². The molecule has 0 aromatic heterocycles. The third-order valence-electron chi connectivity index (χ3n) is 6.06. The fourth-order valence-electron chi connectivity index (χ4n) is 3.90. The number of sulfonamides is 1. The Morgan fingerprint density at radius 2 is 1.66 bits per heavy atom. The highest BCUT2D eigenvalue weighted by Gasteiger charge is 2.33. The van der Waals surface area contributed by atoms with Gasteiger partial charge in [-0.15, -0.1) is 0 Å². The highest BCUT2D eigenvalue weighted by molar-refractivity contribution is 7.90. The van der Waals surface area contributed by atoms with Crippen molar-refractivity contribution in [3.8, 4) is 0 Å². The van der Waals surface area contributed by atoms with Crippen LogP contribution in [0.1, 0.15) is 48.5 Å². The van der Waals surface area contributed by atoms with Gasteiger partial charge in [-0.05, 0) is 55.0 Å². The minimum absolute atomic E-state index is 0.0397. The van der Waals surface area contributed by atoms with Crippen molar-refractivity contribution in [2.45, 2.75) is 43.7 Å². The van der Waals surface area contributed by atoms with E-state index in [9.17, 15) is 41.3 Å². The molecule has 0 aliphatic rings. The second kappa shape index (κ2) is 12.8. The molecule has 0 aliphatic carbocycles. The molecule has 3 rings (SSSR count). The van der Waals surface area contributed by atoms with Crippen LogP contribution in [0, 0.1) is 10.1 Å². The van der Waals surface area contributed by atoms with E-state index in [-0.39, 0.29) is 28.3 Å². The number of hydrogen-bond donors (Lipinski definition) is 2. The highest BCUT2D eigenvalue weighted by atomic mass is 32.2. The maximum atomic E-state index is 13.0. The van der Waals surface area contributed by atoms with E-state index in [1.807, 2.05) is 11.6 Å². The van der Waals surface area contributed by atoms with Gasteiger partial charge in [0.25, 0.3) is 21.6 Å². The van der Waals surface area contributed by atoms with Crippen LogP contribution in [-0.4, -0.2) is 32.2 Å². The van der Waals surface area contributed by atoms with E-state index in [4.69, 9.17) is 0 Å². The van der Waals surface area contributed by atoms with Gasteiger partial charge in [-0.25, -0.2) is 13.1 Å². The van der Waals surface area contributed by atoms with Crippen LogP contribution in [0.2, 0.25) is 0 Å². The van der Waals surface area contributed by atoms with Gasteiger partial charge in [0.2, 0.25) is 5.91 Å². The van der Waals surface area contributed by atoms with Gasteiger partial charge in [0.05, 0.1) is 16.2 Å². The lowest BCUT2D eigenvalue weighted by molar-refractivity contribution is -0.384. The normalized spacial score (nSPS) is 11.5. The predicted octanol–water partition coefficient (Wildman–Crippen LogP) is 6.02. The summed E-state index contributed by atoms with van der Waals surface area (Å²) in [6, 6.07) is 13.3. The Hall–Kier alpha value is -4.46. The van der Waals surface area contributed by atoms with Crippen LogP contribution in [0.25, 0.3) is 0 Å². The summed E-state index contributed by atoms with van der Waals surface area (Å²) in [5.74, 6) is -1.34. The van der Waals surface area contributed by atoms with Gasteiger partial charge in [-0.2, -0.15) is 13.2 Å². The van der Waals surface area contributed by atoms with Crippen molar-refractivity contribution in [3.05, 3.63) is 88.0 Å². The van der Waals surface area contributed by atoms with Crippen molar-refractivity contribution >= 4 is 44.6 Å².